The first kappa shape index (κ1) is 100. The molecule has 0 radical (unpaired) electrons. The molecular formula is C73H110F4N13O28P3. The second-order valence-corrected chi connectivity index (χ2v) is 35.4. The van der Waals surface area contributed by atoms with Crippen LogP contribution in [0, 0.1) is 6.92 Å². The van der Waals surface area contributed by atoms with Crippen molar-refractivity contribution in [2.24, 2.45) is 0 Å². The first-order valence-corrected chi connectivity index (χ1v) is 43.4. The number of carbonyl (C=O) groups is 7. The Bertz CT molecular complexity index is 4340. The second kappa shape index (κ2) is 41.2. The number of imidazole rings is 1. The van der Waals surface area contributed by atoms with E-state index < -0.39 is 198 Å². The molecule has 0 bridgehead atoms. The number of hydrogen-bond donors (Lipinski definition) is 12. The van der Waals surface area contributed by atoms with Gasteiger partial charge in [-0.3, -0.25) is 60.8 Å². The number of nitrogens with one attached hydrogen (secondary N) is 7. The van der Waals surface area contributed by atoms with E-state index in [9.17, 15) is 72.8 Å². The molecule has 5 aliphatic heterocycles. The Morgan fingerprint density at radius 3 is 1.42 bits per heavy atom. The molecule has 6 unspecified atom stereocenters. The van der Waals surface area contributed by atoms with Crippen molar-refractivity contribution in [1.82, 2.24) is 65.4 Å². The number of esters is 5. The van der Waals surface area contributed by atoms with E-state index in [1.54, 1.807) is 73.6 Å². The smallest absolute Gasteiger partial charge is 0.459 e. The molecule has 12 N–H and O–H groups in total. The van der Waals surface area contributed by atoms with E-state index in [1.165, 1.54) is 65.5 Å². The van der Waals surface area contributed by atoms with Gasteiger partial charge in [0.2, 0.25) is 5.88 Å². The predicted octanol–water partition coefficient (Wildman–Crippen LogP) is 5.14. The highest BCUT2D eigenvalue weighted by Gasteiger charge is 2.68. The number of aromatic nitrogens is 4. The summed E-state index contributed by atoms with van der Waals surface area (Å²) in [7, 11) is -13.5. The highest BCUT2D eigenvalue weighted by atomic mass is 31.2. The van der Waals surface area contributed by atoms with Crippen LogP contribution < -0.4 is 45.3 Å². The summed E-state index contributed by atoms with van der Waals surface area (Å²) in [5.41, 5.74) is -7.02. The number of hydrogen-bond acceptors (Lipinski definition) is 33. The average Bonchev–Trinajstić information content (AvgIpc) is 1.59. The molecule has 1 aromatic carbocycles. The molecule has 6 aliphatic rings. The van der Waals surface area contributed by atoms with E-state index in [0.29, 0.717) is 0 Å². The number of rotatable bonds is 36. The molecule has 0 spiro atoms. The van der Waals surface area contributed by atoms with Gasteiger partial charge in [-0.2, -0.15) is 10.1 Å². The molecule has 3 saturated heterocycles. The lowest BCUT2D eigenvalue weighted by atomic mass is 9.95. The van der Waals surface area contributed by atoms with Crippen molar-refractivity contribution in [2.45, 2.75) is 263 Å². The van der Waals surface area contributed by atoms with Gasteiger partial charge in [0, 0.05) is 24.6 Å². The maximum Gasteiger partial charge on any atom is 0.459 e. The third kappa shape index (κ3) is 25.2. The monoisotopic (exact) mass is 1790 g/mol. The Kier molecular flexibility index (Phi) is 34.1. The molecule has 41 nitrogen and oxygen atoms in total. The third-order valence-electron chi connectivity index (χ3n) is 18.7. The maximum absolute atomic E-state index is 16.4. The van der Waals surface area contributed by atoms with Crippen LogP contribution in [0.25, 0.3) is 11.2 Å². The summed E-state index contributed by atoms with van der Waals surface area (Å²) in [5, 5.41) is 70.6. The zero-order valence-electron chi connectivity index (χ0n) is 69.7. The number of fused-ring (bicyclic) bond motifs is 1. The number of aliphatic hydroxyl groups is 5. The Labute approximate surface area is 695 Å². The second-order valence-electron chi connectivity index (χ2n) is 30.0. The summed E-state index contributed by atoms with van der Waals surface area (Å²) >= 11 is 0. The Balaban J connectivity index is 0.000000252. The van der Waals surface area contributed by atoms with Crippen molar-refractivity contribution in [3.8, 4) is 11.6 Å². The molecule has 121 heavy (non-hydrogen) atoms. The number of amides is 2. The number of alkyl halides is 4. The van der Waals surface area contributed by atoms with Crippen LogP contribution in [0.4, 0.5) is 17.6 Å². The van der Waals surface area contributed by atoms with Crippen LogP contribution in [0.5, 0.6) is 11.6 Å². The molecule has 7 heterocycles. The number of halogens is 4. The first-order valence-electron chi connectivity index (χ1n) is 38.6. The number of para-hydroxylation sites is 1. The zero-order valence-corrected chi connectivity index (χ0v) is 72.4. The van der Waals surface area contributed by atoms with Crippen LogP contribution >= 0.6 is 23.1 Å². The van der Waals surface area contributed by atoms with Crippen LogP contribution in [-0.4, -0.2) is 250 Å². The summed E-state index contributed by atoms with van der Waals surface area (Å²) in [5.74, 6) is -14.1. The van der Waals surface area contributed by atoms with E-state index >= 15 is 17.6 Å². The number of nitrogens with zero attached hydrogens (tertiary/aromatic N) is 6. The zero-order chi connectivity index (χ0) is 90.5. The van der Waals surface area contributed by atoms with Crippen LogP contribution in [0.3, 0.4) is 0 Å². The van der Waals surface area contributed by atoms with Gasteiger partial charge in [-0.1, -0.05) is 37.8 Å². The lowest BCUT2D eigenvalue weighted by Crippen LogP contribution is -2.54. The highest BCUT2D eigenvalue weighted by Crippen LogP contribution is 2.54. The summed E-state index contributed by atoms with van der Waals surface area (Å²) in [6.45, 7) is 26.5. The number of carbonyl (C=O) groups excluding carboxylic acids is 7. The molecule has 2 aromatic heterocycles. The van der Waals surface area contributed by atoms with Gasteiger partial charge >= 0.3 is 52.9 Å². The predicted molar refractivity (Wildman–Crippen MR) is 417 cm³/mol. The first-order chi connectivity index (χ1) is 56.3. The van der Waals surface area contributed by atoms with E-state index in [1.807, 2.05) is 0 Å². The van der Waals surface area contributed by atoms with Gasteiger partial charge in [-0.15, -0.1) is 0 Å². The van der Waals surface area contributed by atoms with Crippen molar-refractivity contribution in [3.05, 3.63) is 91.8 Å². The minimum absolute atomic E-state index is 0.0312. The van der Waals surface area contributed by atoms with Gasteiger partial charge in [0.25, 0.3) is 29.4 Å². The molecule has 2 amide bonds. The largest absolute Gasteiger partial charge is 0.476 e. The molecule has 1 aliphatic carbocycles. The Hall–Kier alpha value is -8.01. The molecule has 48 heteroatoms. The van der Waals surface area contributed by atoms with Crippen LogP contribution in [-0.2, 0) is 98.7 Å². The fourth-order valence-corrected chi connectivity index (χ4v) is 17.7. The van der Waals surface area contributed by atoms with Gasteiger partial charge in [-0.05, 0) is 149 Å². The molecule has 3 aromatic rings. The van der Waals surface area contributed by atoms with Crippen molar-refractivity contribution in [2.75, 3.05) is 39.6 Å². The molecular weight excluding hydrogens is 1680 g/mol. The number of aliphatic hydroxyl groups excluding tert-OH is 3. The van der Waals surface area contributed by atoms with Crippen LogP contribution in [0.15, 0.2) is 86.0 Å². The molecule has 4 fully saturated rings. The fourth-order valence-electron chi connectivity index (χ4n) is 12.6. The molecule has 9 rings (SSSR count). The Morgan fingerprint density at radius 2 is 1.00 bits per heavy atom. The van der Waals surface area contributed by atoms with Crippen molar-refractivity contribution >= 4 is 75.9 Å². The SMILES string of the molecule is C=C1NC(=O)C=CN1[C@@H]1O[C@](F)(COP(=O)(NC(C)C(=O)OC(C)C)NC(C)C(=O)OC(C)C)[C@@H](O)[C@@]1(C)O.C=C1NC(=O)C=CN1[C@@H]1O[C@](F)(COP(=O)(NC(C)C(=O)OCC)NC(C)C(=O)OCC)[C@@H](O)[C@@]1(C)O.CCOc1nc(C)nc2c1ncn2[C@@H]1O[C@](F)(COP(=O)(NC(C)C(=O)OC2CCCCC2)Oc2ccccc2)[C@@H](O)[C@@]1(C)F. The molecule has 1 saturated carbocycles. The quantitative estimate of drug-likeness (QED) is 0.0155. The highest BCUT2D eigenvalue weighted by molar-refractivity contribution is 7.55. The topological polar surface area (TPSA) is 526 Å². The minimum Gasteiger partial charge on any atom is -0.476 e. The van der Waals surface area contributed by atoms with Crippen LogP contribution in [0.1, 0.15) is 148 Å². The maximum atomic E-state index is 16.4. The van der Waals surface area contributed by atoms with Gasteiger partial charge in [-0.25, -0.2) is 52.4 Å². The minimum atomic E-state index is -4.57. The number of aryl methyl sites for hydroxylation is 1. The van der Waals surface area contributed by atoms with Gasteiger partial charge < -0.3 is 93.1 Å². The van der Waals surface area contributed by atoms with Crippen molar-refractivity contribution in [3.63, 3.8) is 0 Å². The van der Waals surface area contributed by atoms with Gasteiger partial charge in [0.05, 0.1) is 38.4 Å². The van der Waals surface area contributed by atoms with Crippen LogP contribution in [0.2, 0.25) is 0 Å². The summed E-state index contributed by atoms with van der Waals surface area (Å²) < 4.78 is 176. The number of benzene rings is 1. The van der Waals surface area contributed by atoms with E-state index in [2.05, 4.69) is 64.2 Å². The Morgan fingerprint density at radius 1 is 0.587 bits per heavy atom. The normalized spacial score (nSPS) is 29.4. The van der Waals surface area contributed by atoms with Crippen molar-refractivity contribution < 1.29 is 151 Å². The van der Waals surface area contributed by atoms with E-state index in [4.69, 9.17) is 60.7 Å². The van der Waals surface area contributed by atoms with Gasteiger partial charge in [0.1, 0.15) is 103 Å². The summed E-state index contributed by atoms with van der Waals surface area (Å²) in [6.07, 6.45) is -3.04. The van der Waals surface area contributed by atoms with E-state index in [0.717, 1.165) is 79.4 Å². The van der Waals surface area contributed by atoms with Gasteiger partial charge in [0.15, 0.2) is 41.6 Å². The molecule has 18 atom stereocenters. The van der Waals surface area contributed by atoms with E-state index in [-0.39, 0.29) is 66.2 Å². The third-order valence-corrected chi connectivity index (χ3v) is 24.2. The summed E-state index contributed by atoms with van der Waals surface area (Å²) in [4.78, 5) is 99.6. The fraction of sp³-hybridized carbons (Fsp3) is 0.644. The lowest BCUT2D eigenvalue weighted by molar-refractivity contribution is -0.206. The standard InChI is InChI=1S/C29H38F2N5O8P.C23H38FN4O10P.C21H34FN4O10P/c1-5-40-24-22-23(33-19(3)34-24)36(17-32-22)27-28(4,30)26(38)29(31,43-27)16-41-45(39,44-21-14-10-7-11-15-21)35-18(2)25(37)42-20-12-8-6-9-13-20;1-12(2)36-18(30)14(5)26-39(34,27-15(6)19(31)37-13(3)4)35-11-23(24)20(32)22(8,33)21(38-23)28-10-9-17(29)25-16(28)7;1-7-33-16(28)12(3)24-37(32,25-13(4)17(29)34-8-2)35-11-21(22)18(30)20(6,31)19(36-21)26-10-9-15(27)23-14(26)5/h7,10-11,14-15,17-18,20,26-27,38H,5-6,8-9,12-13,16H2,1-4H3,(H,35,39);9-10,12-15,20-21,32-33H,7,11H2,1-6,8H3,(H,25,29)(H2,26,27,34);9-10,12-13,18-19,30-31H,5,7-8,11H2,1-4,6H3,(H,23,27)(H2,24,25,32)/t18?,26-,27+,28+,29+,45?;14?,15?,20-,21+,22+,23+,39?;12?,13?,18-,19+,20+,21+,37?/m000/s1. The lowest BCUT2D eigenvalue weighted by Gasteiger charge is -2.36. The number of ether oxygens (including phenoxy) is 9. The average molecular weight is 1790 g/mol. The summed E-state index contributed by atoms with van der Waals surface area (Å²) in [6, 6.07) is 1.75. The molecule has 678 valence electrons. The van der Waals surface area contributed by atoms with Crippen molar-refractivity contribution in [1.29, 1.82) is 0 Å².